The number of nitrogens with zero attached hydrogens (tertiary/aromatic N) is 2. The standard InChI is InChI=1S/C8H6N2.C6H5F/c1-2-4-8-6-10-9-5-7(8)3-1;7-6-4-2-1-3-5-6/h1-6H;1-5H. The highest BCUT2D eigenvalue weighted by atomic mass is 19.1. The van der Waals surface area contributed by atoms with E-state index in [-0.39, 0.29) is 5.82 Å². The number of hydrogen-bond donors (Lipinski definition) is 0. The van der Waals surface area contributed by atoms with Crippen molar-refractivity contribution in [1.82, 2.24) is 10.2 Å². The Labute approximate surface area is 98.7 Å². The van der Waals surface area contributed by atoms with E-state index in [1.165, 1.54) is 12.1 Å². The summed E-state index contributed by atoms with van der Waals surface area (Å²) in [6.45, 7) is 0. The minimum absolute atomic E-state index is 0.178. The summed E-state index contributed by atoms with van der Waals surface area (Å²) >= 11 is 0. The summed E-state index contributed by atoms with van der Waals surface area (Å²) in [5.74, 6) is -0.178. The van der Waals surface area contributed by atoms with Crippen LogP contribution >= 0.6 is 0 Å². The first kappa shape index (κ1) is 11.2. The molecule has 0 amide bonds. The Kier molecular flexibility index (Phi) is 3.76. The van der Waals surface area contributed by atoms with Crippen LogP contribution in [0.5, 0.6) is 0 Å². The van der Waals surface area contributed by atoms with E-state index >= 15 is 0 Å². The molecule has 84 valence electrons. The molecule has 0 aliphatic rings. The molecule has 0 saturated carbocycles. The molecule has 0 bridgehead atoms. The van der Waals surface area contributed by atoms with Crippen molar-refractivity contribution in [3.63, 3.8) is 0 Å². The molecule has 0 unspecified atom stereocenters. The van der Waals surface area contributed by atoms with Crippen LogP contribution in [-0.4, -0.2) is 10.2 Å². The average Bonchev–Trinajstić information content (AvgIpc) is 2.41. The van der Waals surface area contributed by atoms with Crippen molar-refractivity contribution in [2.45, 2.75) is 0 Å². The lowest BCUT2D eigenvalue weighted by molar-refractivity contribution is 0.628. The Hall–Kier alpha value is -2.29. The minimum Gasteiger partial charge on any atom is -0.207 e. The van der Waals surface area contributed by atoms with Crippen LogP contribution in [0, 0.1) is 5.82 Å². The largest absolute Gasteiger partial charge is 0.207 e. The number of halogens is 1. The van der Waals surface area contributed by atoms with Crippen LogP contribution < -0.4 is 0 Å². The zero-order chi connectivity index (χ0) is 11.9. The van der Waals surface area contributed by atoms with E-state index in [0.29, 0.717) is 0 Å². The summed E-state index contributed by atoms with van der Waals surface area (Å²) in [6, 6.07) is 16.0. The van der Waals surface area contributed by atoms with Gasteiger partial charge in [-0.1, -0.05) is 42.5 Å². The molecule has 0 spiro atoms. The predicted octanol–water partition coefficient (Wildman–Crippen LogP) is 3.46. The second kappa shape index (κ2) is 5.70. The van der Waals surface area contributed by atoms with Gasteiger partial charge in [0.15, 0.2) is 0 Å². The molecule has 0 aliphatic heterocycles. The molecule has 3 rings (SSSR count). The summed E-state index contributed by atoms with van der Waals surface area (Å²) in [6.07, 6.45) is 3.52. The van der Waals surface area contributed by atoms with Crippen molar-refractivity contribution < 1.29 is 4.39 Å². The van der Waals surface area contributed by atoms with E-state index in [4.69, 9.17) is 0 Å². The fourth-order valence-corrected chi connectivity index (χ4v) is 1.35. The summed E-state index contributed by atoms with van der Waals surface area (Å²) in [5, 5.41) is 9.80. The lowest BCUT2D eigenvalue weighted by Crippen LogP contribution is -1.77. The molecule has 0 fully saturated rings. The molecule has 17 heavy (non-hydrogen) atoms. The molecule has 0 radical (unpaired) electrons. The molecule has 1 aromatic heterocycles. The average molecular weight is 226 g/mol. The van der Waals surface area contributed by atoms with E-state index in [2.05, 4.69) is 10.2 Å². The molecule has 0 atom stereocenters. The van der Waals surface area contributed by atoms with Gasteiger partial charge in [0.2, 0.25) is 0 Å². The number of hydrogen-bond acceptors (Lipinski definition) is 2. The van der Waals surface area contributed by atoms with Gasteiger partial charge in [0, 0.05) is 10.8 Å². The topological polar surface area (TPSA) is 25.8 Å². The van der Waals surface area contributed by atoms with Crippen LogP contribution in [0.25, 0.3) is 10.8 Å². The van der Waals surface area contributed by atoms with Gasteiger partial charge < -0.3 is 0 Å². The molecule has 2 aromatic carbocycles. The number of aromatic nitrogens is 2. The van der Waals surface area contributed by atoms with Crippen LogP contribution in [0.2, 0.25) is 0 Å². The molecule has 0 saturated heterocycles. The van der Waals surface area contributed by atoms with Crippen molar-refractivity contribution in [1.29, 1.82) is 0 Å². The highest BCUT2D eigenvalue weighted by molar-refractivity contribution is 5.80. The minimum atomic E-state index is -0.178. The number of rotatable bonds is 0. The summed E-state index contributed by atoms with van der Waals surface area (Å²) < 4.78 is 11.9. The Morgan fingerprint density at radius 1 is 0.647 bits per heavy atom. The Morgan fingerprint density at radius 3 is 1.53 bits per heavy atom. The highest BCUT2D eigenvalue weighted by Crippen LogP contribution is 2.08. The first-order valence-corrected chi connectivity index (χ1v) is 5.22. The summed E-state index contributed by atoms with van der Waals surface area (Å²) in [5.41, 5.74) is 0. The lowest BCUT2D eigenvalue weighted by atomic mass is 10.2. The van der Waals surface area contributed by atoms with Gasteiger partial charge in [-0.15, -0.1) is 0 Å². The maximum Gasteiger partial charge on any atom is 0.123 e. The van der Waals surface area contributed by atoms with E-state index in [9.17, 15) is 4.39 Å². The highest BCUT2D eigenvalue weighted by Gasteiger charge is 1.87. The second-order valence-electron chi connectivity index (χ2n) is 3.41. The number of benzene rings is 2. The third-order valence-electron chi connectivity index (χ3n) is 2.19. The van der Waals surface area contributed by atoms with Crippen LogP contribution in [0.4, 0.5) is 4.39 Å². The van der Waals surface area contributed by atoms with Gasteiger partial charge in [0.25, 0.3) is 0 Å². The van der Waals surface area contributed by atoms with Gasteiger partial charge in [-0.2, -0.15) is 10.2 Å². The van der Waals surface area contributed by atoms with Crippen molar-refractivity contribution in [3.8, 4) is 0 Å². The molecule has 0 N–H and O–H groups in total. The Balaban J connectivity index is 0.000000136. The third-order valence-corrected chi connectivity index (χ3v) is 2.19. The van der Waals surface area contributed by atoms with E-state index in [1.807, 2.05) is 24.3 Å². The third kappa shape index (κ3) is 3.34. The van der Waals surface area contributed by atoms with Crippen molar-refractivity contribution in [3.05, 3.63) is 72.8 Å². The Bertz CT molecular complexity index is 516. The van der Waals surface area contributed by atoms with Crippen LogP contribution in [-0.2, 0) is 0 Å². The quantitative estimate of drug-likeness (QED) is 0.586. The zero-order valence-electron chi connectivity index (χ0n) is 9.12. The molecule has 3 heteroatoms. The molecule has 1 heterocycles. The Morgan fingerprint density at radius 2 is 1.12 bits per heavy atom. The van der Waals surface area contributed by atoms with Gasteiger partial charge >= 0.3 is 0 Å². The lowest BCUT2D eigenvalue weighted by Gasteiger charge is -1.90. The predicted molar refractivity (Wildman–Crippen MR) is 65.9 cm³/mol. The van der Waals surface area contributed by atoms with E-state index < -0.39 is 0 Å². The molecule has 3 aromatic rings. The maximum absolute atomic E-state index is 11.9. The number of fused-ring (bicyclic) bond motifs is 1. The van der Waals surface area contributed by atoms with Crippen LogP contribution in [0.3, 0.4) is 0 Å². The molecule has 2 nitrogen and oxygen atoms in total. The first-order valence-electron chi connectivity index (χ1n) is 5.22. The van der Waals surface area contributed by atoms with Gasteiger partial charge in [-0.3, -0.25) is 0 Å². The van der Waals surface area contributed by atoms with Crippen LogP contribution in [0.1, 0.15) is 0 Å². The maximum atomic E-state index is 11.9. The van der Waals surface area contributed by atoms with Gasteiger partial charge in [-0.25, -0.2) is 4.39 Å². The summed E-state index contributed by atoms with van der Waals surface area (Å²) in [4.78, 5) is 0. The van der Waals surface area contributed by atoms with Crippen LogP contribution in [0.15, 0.2) is 67.0 Å². The summed E-state index contributed by atoms with van der Waals surface area (Å²) in [7, 11) is 0. The van der Waals surface area contributed by atoms with Crippen molar-refractivity contribution in [2.24, 2.45) is 0 Å². The second-order valence-corrected chi connectivity index (χ2v) is 3.41. The van der Waals surface area contributed by atoms with Crippen molar-refractivity contribution in [2.75, 3.05) is 0 Å². The monoisotopic (exact) mass is 226 g/mol. The molecular weight excluding hydrogens is 215 g/mol. The fourth-order valence-electron chi connectivity index (χ4n) is 1.35. The van der Waals surface area contributed by atoms with E-state index in [0.717, 1.165) is 10.8 Å². The normalized spacial score (nSPS) is 9.47. The fraction of sp³-hybridized carbons (Fsp3) is 0. The zero-order valence-corrected chi connectivity index (χ0v) is 9.12. The van der Waals surface area contributed by atoms with Gasteiger partial charge in [-0.05, 0) is 12.1 Å². The van der Waals surface area contributed by atoms with E-state index in [1.54, 1.807) is 30.6 Å². The van der Waals surface area contributed by atoms with Crippen molar-refractivity contribution >= 4 is 10.8 Å². The smallest absolute Gasteiger partial charge is 0.123 e. The van der Waals surface area contributed by atoms with Gasteiger partial charge in [0.1, 0.15) is 5.82 Å². The SMILES string of the molecule is Fc1ccccc1.c1ccc2cnncc2c1. The first-order chi connectivity index (χ1) is 8.36. The molecule has 0 aliphatic carbocycles. The van der Waals surface area contributed by atoms with Gasteiger partial charge in [0.05, 0.1) is 12.4 Å². The molecular formula is C14H11FN2.